The molecule has 0 atom stereocenters. The summed E-state index contributed by atoms with van der Waals surface area (Å²) in [4.78, 5) is 12.1. The predicted octanol–water partition coefficient (Wildman–Crippen LogP) is 4.20. The molecule has 1 aromatic heterocycles. The van der Waals surface area contributed by atoms with Crippen LogP contribution in [0, 0.1) is 13.8 Å². The van der Waals surface area contributed by atoms with Crippen molar-refractivity contribution in [2.75, 3.05) is 5.32 Å². The van der Waals surface area contributed by atoms with Crippen LogP contribution in [0.1, 0.15) is 22.3 Å². The third-order valence-electron chi connectivity index (χ3n) is 3.92. The van der Waals surface area contributed by atoms with Gasteiger partial charge in [-0.1, -0.05) is 42.5 Å². The molecule has 0 radical (unpaired) electrons. The summed E-state index contributed by atoms with van der Waals surface area (Å²) in [5.41, 5.74) is 5.09. The molecular formula is C21H21N3O. The lowest BCUT2D eigenvalue weighted by Gasteiger charge is -2.07. The maximum absolute atomic E-state index is 12.1. The third-order valence-corrected chi connectivity index (χ3v) is 3.92. The van der Waals surface area contributed by atoms with E-state index in [0.717, 1.165) is 22.4 Å². The largest absolute Gasteiger partial charge is 0.322 e. The Morgan fingerprint density at radius 1 is 1.16 bits per heavy atom. The molecule has 0 bridgehead atoms. The molecule has 0 aliphatic heterocycles. The smallest absolute Gasteiger partial charge is 0.248 e. The molecule has 4 heteroatoms. The number of amides is 1. The van der Waals surface area contributed by atoms with Crippen molar-refractivity contribution in [1.29, 1.82) is 0 Å². The van der Waals surface area contributed by atoms with Crippen LogP contribution < -0.4 is 5.32 Å². The Balaban J connectivity index is 1.62. The van der Waals surface area contributed by atoms with E-state index in [4.69, 9.17) is 0 Å². The molecule has 0 aliphatic carbocycles. The Bertz CT molecular complexity index is 895. The van der Waals surface area contributed by atoms with Crippen LogP contribution in [-0.2, 0) is 11.3 Å². The SMILES string of the molecule is Cc1ccc(C)c(NC(=O)/C=C/c2cnn(Cc3ccccc3)c2)c1. The van der Waals surface area contributed by atoms with E-state index >= 15 is 0 Å². The van der Waals surface area contributed by atoms with Crippen molar-refractivity contribution in [3.05, 3.63) is 89.3 Å². The monoisotopic (exact) mass is 331 g/mol. The first-order chi connectivity index (χ1) is 12.1. The van der Waals surface area contributed by atoms with E-state index < -0.39 is 0 Å². The molecule has 0 fully saturated rings. The van der Waals surface area contributed by atoms with Crippen LogP contribution in [-0.4, -0.2) is 15.7 Å². The van der Waals surface area contributed by atoms with Gasteiger partial charge in [0.15, 0.2) is 0 Å². The summed E-state index contributed by atoms with van der Waals surface area (Å²) >= 11 is 0. The molecule has 1 N–H and O–H groups in total. The summed E-state index contributed by atoms with van der Waals surface area (Å²) in [5.74, 6) is -0.149. The first kappa shape index (κ1) is 16.7. The maximum Gasteiger partial charge on any atom is 0.248 e. The number of rotatable bonds is 5. The van der Waals surface area contributed by atoms with Gasteiger partial charge in [0.05, 0.1) is 12.7 Å². The molecular weight excluding hydrogens is 310 g/mol. The van der Waals surface area contributed by atoms with E-state index in [1.54, 1.807) is 12.3 Å². The number of aromatic nitrogens is 2. The highest BCUT2D eigenvalue weighted by Gasteiger charge is 2.03. The summed E-state index contributed by atoms with van der Waals surface area (Å²) in [6.07, 6.45) is 6.99. The molecule has 25 heavy (non-hydrogen) atoms. The van der Waals surface area contributed by atoms with E-state index in [1.165, 1.54) is 11.6 Å². The zero-order valence-electron chi connectivity index (χ0n) is 14.4. The lowest BCUT2D eigenvalue weighted by atomic mass is 10.1. The van der Waals surface area contributed by atoms with Crippen molar-refractivity contribution in [3.8, 4) is 0 Å². The Kier molecular flexibility index (Phi) is 5.09. The zero-order valence-corrected chi connectivity index (χ0v) is 14.4. The number of anilines is 1. The summed E-state index contributed by atoms with van der Waals surface area (Å²) in [6, 6.07) is 16.1. The Morgan fingerprint density at radius 2 is 1.96 bits per heavy atom. The normalized spacial score (nSPS) is 11.0. The van der Waals surface area contributed by atoms with Gasteiger partial charge in [-0.25, -0.2) is 0 Å². The van der Waals surface area contributed by atoms with Gasteiger partial charge < -0.3 is 5.32 Å². The van der Waals surface area contributed by atoms with Crippen LogP contribution in [0.15, 0.2) is 67.0 Å². The number of hydrogen-bond donors (Lipinski definition) is 1. The molecule has 0 spiro atoms. The molecule has 0 saturated carbocycles. The highest BCUT2D eigenvalue weighted by atomic mass is 16.1. The minimum absolute atomic E-state index is 0.149. The fourth-order valence-corrected chi connectivity index (χ4v) is 2.54. The number of hydrogen-bond acceptors (Lipinski definition) is 2. The van der Waals surface area contributed by atoms with Gasteiger partial charge in [0.25, 0.3) is 0 Å². The lowest BCUT2D eigenvalue weighted by Crippen LogP contribution is -2.09. The molecule has 3 aromatic rings. The van der Waals surface area contributed by atoms with E-state index in [1.807, 2.05) is 61.1 Å². The number of carbonyl (C=O) groups excluding carboxylic acids is 1. The first-order valence-corrected chi connectivity index (χ1v) is 8.23. The molecule has 126 valence electrons. The minimum atomic E-state index is -0.149. The quantitative estimate of drug-likeness (QED) is 0.712. The van der Waals surface area contributed by atoms with Crippen molar-refractivity contribution in [1.82, 2.24) is 9.78 Å². The summed E-state index contributed by atoms with van der Waals surface area (Å²) in [7, 11) is 0. The van der Waals surface area contributed by atoms with Crippen LogP contribution in [0.4, 0.5) is 5.69 Å². The van der Waals surface area contributed by atoms with Gasteiger partial charge in [-0.15, -0.1) is 0 Å². The number of nitrogens with one attached hydrogen (secondary N) is 1. The van der Waals surface area contributed by atoms with Gasteiger partial charge in [0.2, 0.25) is 5.91 Å². The fourth-order valence-electron chi connectivity index (χ4n) is 2.54. The second-order valence-corrected chi connectivity index (χ2v) is 6.10. The molecule has 2 aromatic carbocycles. The first-order valence-electron chi connectivity index (χ1n) is 8.23. The maximum atomic E-state index is 12.1. The predicted molar refractivity (Wildman–Crippen MR) is 101 cm³/mol. The number of nitrogens with zero attached hydrogens (tertiary/aromatic N) is 2. The van der Waals surface area contributed by atoms with E-state index in [9.17, 15) is 4.79 Å². The molecule has 4 nitrogen and oxygen atoms in total. The van der Waals surface area contributed by atoms with Gasteiger partial charge in [-0.2, -0.15) is 5.10 Å². The Labute approximate surface area is 147 Å². The van der Waals surface area contributed by atoms with E-state index in [0.29, 0.717) is 6.54 Å². The van der Waals surface area contributed by atoms with Crippen molar-refractivity contribution in [3.63, 3.8) is 0 Å². The van der Waals surface area contributed by atoms with Crippen LogP contribution in [0.3, 0.4) is 0 Å². The van der Waals surface area contributed by atoms with Crippen LogP contribution in [0.25, 0.3) is 6.08 Å². The second kappa shape index (κ2) is 7.62. The van der Waals surface area contributed by atoms with Crippen molar-refractivity contribution >= 4 is 17.7 Å². The zero-order chi connectivity index (χ0) is 17.6. The third kappa shape index (κ3) is 4.67. The van der Waals surface area contributed by atoms with Crippen LogP contribution in [0.5, 0.6) is 0 Å². The molecule has 0 unspecified atom stereocenters. The van der Waals surface area contributed by atoms with Gasteiger partial charge in [0, 0.05) is 23.5 Å². The molecule has 0 aliphatic rings. The van der Waals surface area contributed by atoms with Gasteiger partial charge in [-0.3, -0.25) is 9.48 Å². The van der Waals surface area contributed by atoms with Gasteiger partial charge in [-0.05, 0) is 42.7 Å². The summed E-state index contributed by atoms with van der Waals surface area (Å²) < 4.78 is 1.86. The van der Waals surface area contributed by atoms with Gasteiger partial charge >= 0.3 is 0 Å². The van der Waals surface area contributed by atoms with Crippen LogP contribution >= 0.6 is 0 Å². The Hall–Kier alpha value is -3.14. The number of benzene rings is 2. The van der Waals surface area contributed by atoms with Gasteiger partial charge in [0.1, 0.15) is 0 Å². The van der Waals surface area contributed by atoms with E-state index in [-0.39, 0.29) is 5.91 Å². The fraction of sp³-hybridized carbons (Fsp3) is 0.143. The highest BCUT2D eigenvalue weighted by molar-refractivity contribution is 6.02. The topological polar surface area (TPSA) is 46.9 Å². The van der Waals surface area contributed by atoms with Crippen molar-refractivity contribution in [2.45, 2.75) is 20.4 Å². The average Bonchev–Trinajstić information content (AvgIpc) is 3.05. The van der Waals surface area contributed by atoms with Crippen molar-refractivity contribution in [2.24, 2.45) is 0 Å². The number of carbonyl (C=O) groups is 1. The molecule has 1 heterocycles. The molecule has 0 saturated heterocycles. The number of aryl methyl sites for hydroxylation is 2. The minimum Gasteiger partial charge on any atom is -0.322 e. The summed E-state index contributed by atoms with van der Waals surface area (Å²) in [6.45, 7) is 4.70. The highest BCUT2D eigenvalue weighted by Crippen LogP contribution is 2.16. The standard InChI is InChI=1S/C21H21N3O/c1-16-8-9-17(2)20(12-16)23-21(25)11-10-19-13-22-24(15-19)14-18-6-4-3-5-7-18/h3-13,15H,14H2,1-2H3,(H,23,25)/b11-10+. The van der Waals surface area contributed by atoms with Crippen LogP contribution in [0.2, 0.25) is 0 Å². The molecule has 1 amide bonds. The average molecular weight is 331 g/mol. The Morgan fingerprint density at radius 3 is 2.76 bits per heavy atom. The summed E-state index contributed by atoms with van der Waals surface area (Å²) in [5, 5.41) is 7.25. The van der Waals surface area contributed by atoms with Crippen molar-refractivity contribution < 1.29 is 4.79 Å². The molecule has 3 rings (SSSR count). The lowest BCUT2D eigenvalue weighted by molar-refractivity contribution is -0.111. The second-order valence-electron chi connectivity index (χ2n) is 6.10. The van der Waals surface area contributed by atoms with E-state index in [2.05, 4.69) is 22.5 Å².